The van der Waals surface area contributed by atoms with Crippen LogP contribution in [0.5, 0.6) is 5.75 Å². The van der Waals surface area contributed by atoms with Crippen molar-refractivity contribution in [2.75, 3.05) is 13.7 Å². The fraction of sp³-hybridized carbons (Fsp3) is 0.333. The van der Waals surface area contributed by atoms with Gasteiger partial charge in [-0.05, 0) is 30.2 Å². The Kier molecular flexibility index (Phi) is 3.80. The maximum Gasteiger partial charge on any atom is 0.176 e. The van der Waals surface area contributed by atoms with E-state index in [0.717, 1.165) is 35.3 Å². The molecule has 0 radical (unpaired) electrons. The smallest absolute Gasteiger partial charge is 0.176 e. The number of nitrogens with one attached hydrogen (secondary N) is 1. The molecule has 5 heteroatoms. The summed E-state index contributed by atoms with van der Waals surface area (Å²) in [6, 6.07) is 1.97. The first-order valence-electron chi connectivity index (χ1n) is 5.27. The van der Waals surface area contributed by atoms with E-state index in [-0.39, 0.29) is 17.0 Å². The van der Waals surface area contributed by atoms with Gasteiger partial charge in [-0.3, -0.25) is 0 Å². The van der Waals surface area contributed by atoms with E-state index in [2.05, 4.69) is 21.2 Å². The Morgan fingerprint density at radius 3 is 3.06 bits per heavy atom. The highest BCUT2D eigenvalue weighted by Crippen LogP contribution is 2.38. The Hall–Kier alpha value is -0.520. The Labute approximate surface area is 118 Å². The van der Waals surface area contributed by atoms with Crippen LogP contribution in [-0.2, 0) is 13.0 Å². The van der Waals surface area contributed by atoms with Crippen molar-refractivity contribution in [1.82, 2.24) is 5.32 Å². The van der Waals surface area contributed by atoms with E-state index in [4.69, 9.17) is 9.15 Å². The van der Waals surface area contributed by atoms with Crippen molar-refractivity contribution in [2.45, 2.75) is 13.0 Å². The lowest BCUT2D eigenvalue weighted by Gasteiger charge is -2.08. The first-order valence-corrected chi connectivity index (χ1v) is 6.06. The van der Waals surface area contributed by atoms with E-state index in [9.17, 15) is 0 Å². The number of furan rings is 1. The predicted molar refractivity (Wildman–Crippen MR) is 76.2 cm³/mol. The van der Waals surface area contributed by atoms with Gasteiger partial charge in [-0.25, -0.2) is 0 Å². The van der Waals surface area contributed by atoms with Crippen LogP contribution < -0.4 is 10.1 Å². The molecule has 0 atom stereocenters. The standard InChI is InChI=1S/C12H12BrNO2.BrH/c1-15-10-4-9(13)8-5-14-3-2-7-6-16-12(10)11(7)8;/h4,6,14H,2-3,5H2,1H3;1H. The molecule has 0 saturated carbocycles. The van der Waals surface area contributed by atoms with Crippen LogP contribution in [0.1, 0.15) is 11.1 Å². The molecule has 0 spiro atoms. The summed E-state index contributed by atoms with van der Waals surface area (Å²) in [5, 5.41) is 4.61. The third kappa shape index (κ3) is 2.00. The number of hydrogen-bond acceptors (Lipinski definition) is 3. The molecule has 0 bridgehead atoms. The summed E-state index contributed by atoms with van der Waals surface area (Å²) in [5.41, 5.74) is 3.38. The van der Waals surface area contributed by atoms with Gasteiger partial charge in [0.15, 0.2) is 11.3 Å². The number of methoxy groups -OCH3 is 1. The molecule has 1 aliphatic rings. The van der Waals surface area contributed by atoms with Gasteiger partial charge in [0.05, 0.1) is 13.4 Å². The van der Waals surface area contributed by atoms with Gasteiger partial charge < -0.3 is 14.5 Å². The van der Waals surface area contributed by atoms with Gasteiger partial charge in [-0.1, -0.05) is 15.9 Å². The number of benzene rings is 1. The Morgan fingerprint density at radius 2 is 2.29 bits per heavy atom. The van der Waals surface area contributed by atoms with Crippen molar-refractivity contribution < 1.29 is 9.15 Å². The van der Waals surface area contributed by atoms with Gasteiger partial charge in [-0.15, -0.1) is 17.0 Å². The van der Waals surface area contributed by atoms with Crippen LogP contribution in [0.15, 0.2) is 21.2 Å². The van der Waals surface area contributed by atoms with Gasteiger partial charge in [0.25, 0.3) is 0 Å². The quantitative estimate of drug-likeness (QED) is 0.843. The van der Waals surface area contributed by atoms with Crippen molar-refractivity contribution in [1.29, 1.82) is 0 Å². The monoisotopic (exact) mass is 361 g/mol. The third-order valence-corrected chi connectivity index (χ3v) is 3.74. The molecule has 92 valence electrons. The normalized spacial score (nSPS) is 14.2. The summed E-state index contributed by atoms with van der Waals surface area (Å²) < 4.78 is 12.0. The second-order valence-electron chi connectivity index (χ2n) is 3.93. The van der Waals surface area contributed by atoms with E-state index >= 15 is 0 Å². The van der Waals surface area contributed by atoms with Gasteiger partial charge in [-0.2, -0.15) is 0 Å². The molecule has 0 amide bonds. The fourth-order valence-corrected chi connectivity index (χ4v) is 2.78. The van der Waals surface area contributed by atoms with E-state index < -0.39 is 0 Å². The maximum atomic E-state index is 5.62. The first-order chi connectivity index (χ1) is 7.81. The lowest BCUT2D eigenvalue weighted by molar-refractivity contribution is 0.409. The van der Waals surface area contributed by atoms with Crippen molar-refractivity contribution in [3.05, 3.63) is 27.9 Å². The van der Waals surface area contributed by atoms with Crippen LogP contribution in [-0.4, -0.2) is 13.7 Å². The van der Waals surface area contributed by atoms with Crippen LogP contribution in [0.3, 0.4) is 0 Å². The molecule has 0 aliphatic carbocycles. The molecule has 1 aromatic carbocycles. The Bertz CT molecular complexity index is 551. The van der Waals surface area contributed by atoms with E-state index in [1.165, 1.54) is 16.5 Å². The fourth-order valence-electron chi connectivity index (χ4n) is 2.24. The molecular weight excluding hydrogens is 350 g/mol. The molecule has 2 aromatic rings. The average Bonchev–Trinajstić information content (AvgIpc) is 2.58. The molecule has 17 heavy (non-hydrogen) atoms. The van der Waals surface area contributed by atoms with Crippen LogP contribution in [0.25, 0.3) is 11.0 Å². The minimum Gasteiger partial charge on any atom is -0.493 e. The van der Waals surface area contributed by atoms with Crippen LogP contribution in [0.2, 0.25) is 0 Å². The van der Waals surface area contributed by atoms with Gasteiger partial charge >= 0.3 is 0 Å². The van der Waals surface area contributed by atoms with Crippen LogP contribution >= 0.6 is 32.9 Å². The van der Waals surface area contributed by atoms with Crippen molar-refractivity contribution in [2.24, 2.45) is 0 Å². The summed E-state index contributed by atoms with van der Waals surface area (Å²) >= 11 is 3.60. The largest absolute Gasteiger partial charge is 0.493 e. The molecule has 0 unspecified atom stereocenters. The molecule has 0 saturated heterocycles. The lowest BCUT2D eigenvalue weighted by atomic mass is 10.1. The van der Waals surface area contributed by atoms with Crippen molar-refractivity contribution in [3.63, 3.8) is 0 Å². The Morgan fingerprint density at radius 1 is 1.47 bits per heavy atom. The Balaban J connectivity index is 0.00000108. The molecule has 3 rings (SSSR count). The minimum atomic E-state index is 0. The zero-order valence-electron chi connectivity index (χ0n) is 9.38. The van der Waals surface area contributed by atoms with Gasteiger partial charge in [0.2, 0.25) is 0 Å². The molecular formula is C12H13Br2NO2. The highest BCUT2D eigenvalue weighted by molar-refractivity contribution is 9.10. The molecule has 3 nitrogen and oxygen atoms in total. The second-order valence-corrected chi connectivity index (χ2v) is 4.79. The van der Waals surface area contributed by atoms with Crippen LogP contribution in [0, 0.1) is 0 Å². The topological polar surface area (TPSA) is 34.4 Å². The zero-order valence-corrected chi connectivity index (χ0v) is 12.7. The predicted octanol–water partition coefficient (Wildman–Crippen LogP) is 3.43. The highest BCUT2D eigenvalue weighted by atomic mass is 79.9. The van der Waals surface area contributed by atoms with Crippen molar-refractivity contribution >= 4 is 43.9 Å². The highest BCUT2D eigenvalue weighted by Gasteiger charge is 2.19. The number of halogens is 2. The van der Waals surface area contributed by atoms with E-state index in [1.807, 2.05) is 12.3 Å². The second kappa shape index (κ2) is 5.00. The zero-order chi connectivity index (χ0) is 11.1. The molecule has 1 aromatic heterocycles. The van der Waals surface area contributed by atoms with E-state index in [0.29, 0.717) is 0 Å². The third-order valence-electron chi connectivity index (χ3n) is 3.03. The summed E-state index contributed by atoms with van der Waals surface area (Å²) in [6.45, 7) is 1.85. The van der Waals surface area contributed by atoms with Gasteiger partial charge in [0, 0.05) is 16.4 Å². The molecule has 1 aliphatic heterocycles. The average molecular weight is 363 g/mol. The summed E-state index contributed by atoms with van der Waals surface area (Å²) in [5.74, 6) is 0.791. The van der Waals surface area contributed by atoms with E-state index in [1.54, 1.807) is 7.11 Å². The summed E-state index contributed by atoms with van der Waals surface area (Å²) in [6.07, 6.45) is 2.84. The summed E-state index contributed by atoms with van der Waals surface area (Å²) in [7, 11) is 1.67. The summed E-state index contributed by atoms with van der Waals surface area (Å²) in [4.78, 5) is 0. The minimum absolute atomic E-state index is 0. The molecule has 1 N–H and O–H groups in total. The maximum absolute atomic E-state index is 5.62. The van der Waals surface area contributed by atoms with Crippen LogP contribution in [0.4, 0.5) is 0 Å². The SMILES string of the molecule is Br.COc1cc(Br)c2c3c(coc13)CCNC2. The number of ether oxygens (including phenoxy) is 1. The lowest BCUT2D eigenvalue weighted by Crippen LogP contribution is -2.14. The first kappa shape index (κ1) is 12.9. The van der Waals surface area contributed by atoms with Crippen molar-refractivity contribution in [3.8, 4) is 5.75 Å². The number of hydrogen-bond donors (Lipinski definition) is 1. The number of rotatable bonds is 1. The van der Waals surface area contributed by atoms with Gasteiger partial charge in [0.1, 0.15) is 0 Å². The molecule has 2 heterocycles. The molecule has 0 fully saturated rings.